The number of nitrogens with two attached hydrogens (primary N) is 1. The Morgan fingerprint density at radius 1 is 1.25 bits per heavy atom. The minimum Gasteiger partial charge on any atom is -0.399 e. The van der Waals surface area contributed by atoms with Crippen molar-refractivity contribution in [2.75, 3.05) is 29.6 Å². The molecule has 90 valence electrons. The molecule has 0 fully saturated rings. The van der Waals surface area contributed by atoms with E-state index >= 15 is 0 Å². The summed E-state index contributed by atoms with van der Waals surface area (Å²) in [6.07, 6.45) is 6.01. The maximum atomic E-state index is 5.75. The van der Waals surface area contributed by atoms with Gasteiger partial charge in [0.25, 0.3) is 0 Å². The van der Waals surface area contributed by atoms with E-state index in [0.717, 1.165) is 12.2 Å². The van der Waals surface area contributed by atoms with E-state index < -0.39 is 0 Å². The third-order valence-electron chi connectivity index (χ3n) is 2.60. The average molecular weight is 238 g/mol. The number of rotatable bonds is 7. The molecule has 0 saturated heterocycles. The van der Waals surface area contributed by atoms with Crippen LogP contribution in [0, 0.1) is 6.92 Å². The topological polar surface area (TPSA) is 38.0 Å². The summed E-state index contributed by atoms with van der Waals surface area (Å²) in [5, 5.41) is 3.44. The molecule has 1 rings (SSSR count). The van der Waals surface area contributed by atoms with Crippen LogP contribution < -0.4 is 11.1 Å². The van der Waals surface area contributed by atoms with Crippen LogP contribution in [-0.4, -0.2) is 18.6 Å². The fourth-order valence-electron chi connectivity index (χ4n) is 1.60. The SMILES string of the molecule is CSCCCCCNc1cc(N)ccc1C. The summed E-state index contributed by atoms with van der Waals surface area (Å²) in [4.78, 5) is 0. The molecular formula is C13H22N2S. The van der Waals surface area contributed by atoms with Crippen LogP contribution in [0.3, 0.4) is 0 Å². The predicted molar refractivity (Wildman–Crippen MR) is 76.3 cm³/mol. The molecule has 1 aromatic rings. The number of aryl methyl sites for hydroxylation is 1. The van der Waals surface area contributed by atoms with Crippen molar-refractivity contribution in [3.8, 4) is 0 Å². The first-order chi connectivity index (χ1) is 7.74. The van der Waals surface area contributed by atoms with Gasteiger partial charge in [-0.05, 0) is 49.5 Å². The number of nitrogens with one attached hydrogen (secondary N) is 1. The van der Waals surface area contributed by atoms with Crippen LogP contribution in [-0.2, 0) is 0 Å². The zero-order valence-corrected chi connectivity index (χ0v) is 11.1. The Bertz CT molecular complexity index is 313. The van der Waals surface area contributed by atoms with E-state index in [0.29, 0.717) is 0 Å². The molecular weight excluding hydrogens is 216 g/mol. The van der Waals surface area contributed by atoms with Gasteiger partial charge in [-0.25, -0.2) is 0 Å². The van der Waals surface area contributed by atoms with Gasteiger partial charge in [0.05, 0.1) is 0 Å². The van der Waals surface area contributed by atoms with Crippen LogP contribution in [0.2, 0.25) is 0 Å². The minimum absolute atomic E-state index is 0.829. The minimum atomic E-state index is 0.829. The Morgan fingerprint density at radius 2 is 2.06 bits per heavy atom. The smallest absolute Gasteiger partial charge is 0.0390 e. The van der Waals surface area contributed by atoms with Crippen molar-refractivity contribution >= 4 is 23.1 Å². The largest absolute Gasteiger partial charge is 0.399 e. The Kier molecular flexibility index (Phi) is 6.16. The van der Waals surface area contributed by atoms with Gasteiger partial charge in [-0.3, -0.25) is 0 Å². The molecule has 0 heterocycles. The van der Waals surface area contributed by atoms with Crippen molar-refractivity contribution in [2.24, 2.45) is 0 Å². The van der Waals surface area contributed by atoms with Gasteiger partial charge < -0.3 is 11.1 Å². The maximum Gasteiger partial charge on any atom is 0.0390 e. The highest BCUT2D eigenvalue weighted by Crippen LogP contribution is 2.18. The molecule has 0 radical (unpaired) electrons. The van der Waals surface area contributed by atoms with Crippen molar-refractivity contribution in [3.63, 3.8) is 0 Å². The van der Waals surface area contributed by atoms with Crippen molar-refractivity contribution in [2.45, 2.75) is 26.2 Å². The normalized spacial score (nSPS) is 10.4. The quantitative estimate of drug-likeness (QED) is 0.564. The Balaban J connectivity index is 2.23. The molecule has 3 heteroatoms. The van der Waals surface area contributed by atoms with Gasteiger partial charge in [0, 0.05) is 17.9 Å². The number of benzene rings is 1. The lowest BCUT2D eigenvalue weighted by atomic mass is 10.1. The molecule has 3 N–H and O–H groups in total. The predicted octanol–water partition coefficient (Wildman–Crippen LogP) is 3.52. The number of unbranched alkanes of at least 4 members (excludes halogenated alkanes) is 2. The Morgan fingerprint density at radius 3 is 2.81 bits per heavy atom. The molecule has 0 amide bonds. The molecule has 0 aliphatic carbocycles. The molecule has 0 atom stereocenters. The first kappa shape index (κ1) is 13.2. The van der Waals surface area contributed by atoms with Gasteiger partial charge in [-0.1, -0.05) is 12.5 Å². The molecule has 0 saturated carbocycles. The van der Waals surface area contributed by atoms with Crippen LogP contribution >= 0.6 is 11.8 Å². The van der Waals surface area contributed by atoms with Gasteiger partial charge in [0.15, 0.2) is 0 Å². The van der Waals surface area contributed by atoms with Crippen molar-refractivity contribution in [1.29, 1.82) is 0 Å². The third-order valence-corrected chi connectivity index (χ3v) is 3.30. The second-order valence-electron chi connectivity index (χ2n) is 4.05. The number of hydrogen-bond donors (Lipinski definition) is 2. The van der Waals surface area contributed by atoms with E-state index in [2.05, 4.69) is 24.6 Å². The van der Waals surface area contributed by atoms with E-state index in [1.165, 1.54) is 36.3 Å². The molecule has 1 aromatic carbocycles. The molecule has 0 bridgehead atoms. The third kappa shape index (κ3) is 4.79. The number of hydrogen-bond acceptors (Lipinski definition) is 3. The van der Waals surface area contributed by atoms with Crippen LogP contribution in [0.15, 0.2) is 18.2 Å². The van der Waals surface area contributed by atoms with E-state index in [9.17, 15) is 0 Å². The summed E-state index contributed by atoms with van der Waals surface area (Å²) in [5.74, 6) is 1.28. The highest BCUT2D eigenvalue weighted by atomic mass is 32.2. The van der Waals surface area contributed by atoms with Gasteiger partial charge >= 0.3 is 0 Å². The summed E-state index contributed by atoms with van der Waals surface area (Å²) in [7, 11) is 0. The fourth-order valence-corrected chi connectivity index (χ4v) is 2.09. The summed E-state index contributed by atoms with van der Waals surface area (Å²) >= 11 is 1.92. The standard InChI is InChI=1S/C13H22N2S/c1-11-6-7-12(14)10-13(11)15-8-4-3-5-9-16-2/h6-7,10,15H,3-5,8-9,14H2,1-2H3. The highest BCUT2D eigenvalue weighted by molar-refractivity contribution is 7.98. The fraction of sp³-hybridized carbons (Fsp3) is 0.538. The first-order valence-corrected chi connectivity index (χ1v) is 7.22. The first-order valence-electron chi connectivity index (χ1n) is 5.83. The number of thioether (sulfide) groups is 1. The van der Waals surface area contributed by atoms with E-state index in [4.69, 9.17) is 5.73 Å². The van der Waals surface area contributed by atoms with E-state index in [1.54, 1.807) is 0 Å². The zero-order chi connectivity index (χ0) is 11.8. The number of nitrogen functional groups attached to an aromatic ring is 1. The van der Waals surface area contributed by atoms with Crippen molar-refractivity contribution in [1.82, 2.24) is 0 Å². The average Bonchev–Trinajstić information content (AvgIpc) is 2.28. The molecule has 0 aromatic heterocycles. The van der Waals surface area contributed by atoms with Gasteiger partial charge in [-0.2, -0.15) is 11.8 Å². The lowest BCUT2D eigenvalue weighted by molar-refractivity contribution is 0.749. The lowest BCUT2D eigenvalue weighted by Gasteiger charge is -2.10. The summed E-state index contributed by atoms with van der Waals surface area (Å²) in [6.45, 7) is 3.15. The van der Waals surface area contributed by atoms with Crippen molar-refractivity contribution in [3.05, 3.63) is 23.8 Å². The zero-order valence-electron chi connectivity index (χ0n) is 10.3. The molecule has 0 unspecified atom stereocenters. The van der Waals surface area contributed by atoms with Crippen LogP contribution in [0.25, 0.3) is 0 Å². The highest BCUT2D eigenvalue weighted by Gasteiger charge is 1.97. The van der Waals surface area contributed by atoms with Gasteiger partial charge in [0.2, 0.25) is 0 Å². The van der Waals surface area contributed by atoms with Crippen LogP contribution in [0.4, 0.5) is 11.4 Å². The monoisotopic (exact) mass is 238 g/mol. The van der Waals surface area contributed by atoms with Crippen molar-refractivity contribution < 1.29 is 0 Å². The van der Waals surface area contributed by atoms with Gasteiger partial charge in [0.1, 0.15) is 0 Å². The Labute approximate surface area is 103 Å². The summed E-state index contributed by atoms with van der Waals surface area (Å²) < 4.78 is 0. The van der Waals surface area contributed by atoms with Crippen LogP contribution in [0.1, 0.15) is 24.8 Å². The Hall–Kier alpha value is -0.830. The van der Waals surface area contributed by atoms with Crippen LogP contribution in [0.5, 0.6) is 0 Å². The molecule has 0 aliphatic heterocycles. The molecule has 0 aliphatic rings. The van der Waals surface area contributed by atoms with E-state index in [1.807, 2.05) is 23.9 Å². The number of anilines is 2. The molecule has 0 spiro atoms. The molecule has 16 heavy (non-hydrogen) atoms. The second kappa shape index (κ2) is 7.44. The summed E-state index contributed by atoms with van der Waals surface area (Å²) in [5.41, 5.74) is 9.02. The van der Waals surface area contributed by atoms with Gasteiger partial charge in [-0.15, -0.1) is 0 Å². The molecule has 2 nitrogen and oxygen atoms in total. The second-order valence-corrected chi connectivity index (χ2v) is 5.04. The maximum absolute atomic E-state index is 5.75. The lowest BCUT2D eigenvalue weighted by Crippen LogP contribution is -2.03. The summed E-state index contributed by atoms with van der Waals surface area (Å²) in [6, 6.07) is 6.02. The van der Waals surface area contributed by atoms with E-state index in [-0.39, 0.29) is 0 Å².